The van der Waals surface area contributed by atoms with Gasteiger partial charge in [-0.05, 0) is 42.8 Å². The van der Waals surface area contributed by atoms with Crippen LogP contribution in [0.1, 0.15) is 27.3 Å². The van der Waals surface area contributed by atoms with Crippen molar-refractivity contribution in [3.8, 4) is 17.0 Å². The van der Waals surface area contributed by atoms with E-state index in [-0.39, 0.29) is 18.1 Å². The van der Waals surface area contributed by atoms with E-state index in [0.29, 0.717) is 22.4 Å². The van der Waals surface area contributed by atoms with Crippen LogP contribution < -0.4 is 15.8 Å². The first kappa shape index (κ1) is 22.1. The highest BCUT2D eigenvalue weighted by Gasteiger charge is 2.20. The van der Waals surface area contributed by atoms with Crippen molar-refractivity contribution in [3.63, 3.8) is 0 Å². The Hall–Kier alpha value is -3.13. The topological polar surface area (TPSA) is 94.5 Å². The molecular formula is C23H21Cl2N5O2. The fourth-order valence-corrected chi connectivity index (χ4v) is 4.03. The lowest BCUT2D eigenvalue weighted by Gasteiger charge is -2.14. The number of nitrogens with one attached hydrogen (secondary N) is 1. The third-order valence-corrected chi connectivity index (χ3v) is 5.68. The van der Waals surface area contributed by atoms with Gasteiger partial charge in [-0.3, -0.25) is 9.20 Å². The zero-order chi connectivity index (χ0) is 22.8. The molecule has 0 fully saturated rings. The maximum Gasteiger partial charge on any atom is 0.271 e. The highest BCUT2D eigenvalue weighted by molar-refractivity contribution is 6.36. The van der Waals surface area contributed by atoms with E-state index >= 15 is 0 Å². The van der Waals surface area contributed by atoms with Gasteiger partial charge in [0.1, 0.15) is 11.4 Å². The predicted molar refractivity (Wildman–Crippen MR) is 125 cm³/mol. The molecule has 3 N–H and O–H groups in total. The molecule has 1 amide bonds. The molecule has 2 aromatic carbocycles. The Morgan fingerprint density at radius 1 is 1.19 bits per heavy atom. The van der Waals surface area contributed by atoms with E-state index in [2.05, 4.69) is 15.3 Å². The Morgan fingerprint density at radius 3 is 2.72 bits per heavy atom. The van der Waals surface area contributed by atoms with E-state index in [0.717, 1.165) is 33.8 Å². The number of aromatic nitrogens is 3. The number of hydrogen-bond acceptors (Lipinski definition) is 5. The molecule has 4 rings (SSSR count). The number of ether oxygens (including phenoxy) is 1. The zero-order valence-corrected chi connectivity index (χ0v) is 19.0. The average Bonchev–Trinajstić information content (AvgIpc) is 3.20. The zero-order valence-electron chi connectivity index (χ0n) is 17.5. The van der Waals surface area contributed by atoms with Gasteiger partial charge in [-0.15, -0.1) is 0 Å². The van der Waals surface area contributed by atoms with Crippen molar-refractivity contribution in [2.45, 2.75) is 20.0 Å². The Bertz CT molecular complexity index is 1320. The minimum Gasteiger partial charge on any atom is -0.497 e. The fourth-order valence-electron chi connectivity index (χ4n) is 3.53. The number of carbonyl (C=O) groups excluding carboxylic acids is 1. The van der Waals surface area contributed by atoms with Crippen molar-refractivity contribution >= 4 is 34.9 Å². The van der Waals surface area contributed by atoms with Gasteiger partial charge in [-0.25, -0.2) is 9.97 Å². The molecule has 0 aliphatic carbocycles. The Kier molecular flexibility index (Phi) is 6.32. The minimum absolute atomic E-state index is 0.236. The van der Waals surface area contributed by atoms with Crippen molar-refractivity contribution < 1.29 is 9.53 Å². The van der Waals surface area contributed by atoms with E-state index < -0.39 is 0 Å². The second kappa shape index (κ2) is 9.16. The monoisotopic (exact) mass is 469 g/mol. The van der Waals surface area contributed by atoms with Crippen LogP contribution in [0.25, 0.3) is 17.0 Å². The standard InChI is InChI=1S/C23H21Cl2N5O2/c1-13-18(10-26)21(17-7-6-15(24)9-19(17)25)30-12-20(29-23(30)28-13)22(31)27-11-14-4-3-5-16(8-14)32-2/h3-9,12H,10-11,26H2,1-2H3,(H,27,31). The lowest BCUT2D eigenvalue weighted by atomic mass is 10.0. The van der Waals surface area contributed by atoms with Gasteiger partial charge in [-0.2, -0.15) is 0 Å². The van der Waals surface area contributed by atoms with Gasteiger partial charge in [-0.1, -0.05) is 35.3 Å². The van der Waals surface area contributed by atoms with Crippen LogP contribution >= 0.6 is 23.2 Å². The summed E-state index contributed by atoms with van der Waals surface area (Å²) < 4.78 is 6.97. The van der Waals surface area contributed by atoms with Crippen LogP contribution in [0.2, 0.25) is 10.0 Å². The molecule has 164 valence electrons. The van der Waals surface area contributed by atoms with Gasteiger partial charge in [0.2, 0.25) is 5.78 Å². The first-order valence-electron chi connectivity index (χ1n) is 9.86. The van der Waals surface area contributed by atoms with Crippen molar-refractivity contribution in [1.82, 2.24) is 19.7 Å². The minimum atomic E-state index is -0.321. The number of benzene rings is 2. The molecule has 0 atom stereocenters. The number of halogens is 2. The summed E-state index contributed by atoms with van der Waals surface area (Å²) in [7, 11) is 1.60. The van der Waals surface area contributed by atoms with Crippen LogP contribution in [0.15, 0.2) is 48.7 Å². The van der Waals surface area contributed by atoms with E-state index in [1.165, 1.54) is 0 Å². The number of carbonyl (C=O) groups is 1. The number of methoxy groups -OCH3 is 1. The van der Waals surface area contributed by atoms with E-state index in [1.807, 2.05) is 37.3 Å². The average molecular weight is 470 g/mol. The molecule has 9 heteroatoms. The number of nitrogens with zero attached hydrogens (tertiary/aromatic N) is 3. The first-order chi connectivity index (χ1) is 15.4. The second-order valence-corrected chi connectivity index (χ2v) is 8.03. The molecule has 0 radical (unpaired) electrons. The van der Waals surface area contributed by atoms with Crippen LogP contribution in [0.5, 0.6) is 5.75 Å². The van der Waals surface area contributed by atoms with Crippen LogP contribution in [0, 0.1) is 6.92 Å². The molecule has 0 spiro atoms. The molecular weight excluding hydrogens is 449 g/mol. The van der Waals surface area contributed by atoms with Gasteiger partial charge < -0.3 is 15.8 Å². The summed E-state index contributed by atoms with van der Waals surface area (Å²) in [4.78, 5) is 21.8. The summed E-state index contributed by atoms with van der Waals surface area (Å²) in [5.74, 6) is 0.786. The molecule has 2 aromatic heterocycles. The van der Waals surface area contributed by atoms with Crippen LogP contribution in [-0.2, 0) is 13.1 Å². The molecule has 0 aliphatic heterocycles. The molecule has 32 heavy (non-hydrogen) atoms. The number of nitrogens with two attached hydrogens (primary N) is 1. The van der Waals surface area contributed by atoms with Gasteiger partial charge in [0.25, 0.3) is 5.91 Å². The Balaban J connectivity index is 1.72. The quantitative estimate of drug-likeness (QED) is 0.436. The van der Waals surface area contributed by atoms with Gasteiger partial charge >= 0.3 is 0 Å². The van der Waals surface area contributed by atoms with Crippen LogP contribution in [-0.4, -0.2) is 27.4 Å². The molecule has 2 heterocycles. The van der Waals surface area contributed by atoms with Crippen molar-refractivity contribution in [1.29, 1.82) is 0 Å². The third kappa shape index (κ3) is 4.27. The molecule has 0 saturated carbocycles. The third-order valence-electron chi connectivity index (χ3n) is 5.13. The molecule has 0 bridgehead atoms. The molecule has 0 aliphatic rings. The maximum atomic E-state index is 12.8. The predicted octanol–water partition coefficient (Wildman–Crippen LogP) is 4.41. The highest BCUT2D eigenvalue weighted by atomic mass is 35.5. The number of rotatable bonds is 6. The Morgan fingerprint density at radius 2 is 2.00 bits per heavy atom. The van der Waals surface area contributed by atoms with Gasteiger partial charge in [0, 0.05) is 41.1 Å². The van der Waals surface area contributed by atoms with E-state index in [1.54, 1.807) is 29.8 Å². The molecule has 4 aromatic rings. The summed E-state index contributed by atoms with van der Waals surface area (Å²) >= 11 is 12.6. The van der Waals surface area contributed by atoms with Gasteiger partial charge in [0.15, 0.2) is 0 Å². The van der Waals surface area contributed by atoms with Gasteiger partial charge in [0.05, 0.1) is 17.8 Å². The number of hydrogen-bond donors (Lipinski definition) is 2. The van der Waals surface area contributed by atoms with Crippen molar-refractivity contribution in [3.05, 3.63) is 81.2 Å². The SMILES string of the molecule is COc1cccc(CNC(=O)c2cn3c(-c4ccc(Cl)cc4Cl)c(CN)c(C)nc3n2)c1. The van der Waals surface area contributed by atoms with Crippen molar-refractivity contribution in [2.75, 3.05) is 7.11 Å². The van der Waals surface area contributed by atoms with Crippen LogP contribution in [0.3, 0.4) is 0 Å². The number of amides is 1. The molecule has 0 unspecified atom stereocenters. The summed E-state index contributed by atoms with van der Waals surface area (Å²) in [6.45, 7) is 2.44. The summed E-state index contributed by atoms with van der Waals surface area (Å²) in [6.07, 6.45) is 1.64. The van der Waals surface area contributed by atoms with E-state index in [4.69, 9.17) is 33.7 Å². The maximum absolute atomic E-state index is 12.8. The normalized spacial score (nSPS) is 11.0. The lowest BCUT2D eigenvalue weighted by Crippen LogP contribution is -2.23. The van der Waals surface area contributed by atoms with E-state index in [9.17, 15) is 4.79 Å². The summed E-state index contributed by atoms with van der Waals surface area (Å²) in [5.41, 5.74) is 10.2. The largest absolute Gasteiger partial charge is 0.497 e. The number of imidazole rings is 1. The first-order valence-corrected chi connectivity index (χ1v) is 10.6. The number of aryl methyl sites for hydroxylation is 1. The summed E-state index contributed by atoms with van der Waals surface area (Å²) in [5, 5.41) is 3.88. The summed E-state index contributed by atoms with van der Waals surface area (Å²) in [6, 6.07) is 12.7. The Labute approximate surface area is 195 Å². The molecule has 7 nitrogen and oxygen atoms in total. The highest BCUT2D eigenvalue weighted by Crippen LogP contribution is 2.34. The smallest absolute Gasteiger partial charge is 0.271 e. The van der Waals surface area contributed by atoms with Crippen LogP contribution in [0.4, 0.5) is 0 Å². The molecule has 0 saturated heterocycles. The number of fused-ring (bicyclic) bond motifs is 1. The fraction of sp³-hybridized carbons (Fsp3) is 0.174. The van der Waals surface area contributed by atoms with Crippen molar-refractivity contribution in [2.24, 2.45) is 5.73 Å². The second-order valence-electron chi connectivity index (χ2n) is 7.18. The lowest BCUT2D eigenvalue weighted by molar-refractivity contribution is 0.0946.